The number of rotatable bonds is 6. The molecule has 0 bridgehead atoms. The fraction of sp³-hybridized carbons (Fsp3) is 0.207. The molecule has 0 amide bonds. The van der Waals surface area contributed by atoms with Crippen LogP contribution in [0.5, 0.6) is 5.75 Å². The van der Waals surface area contributed by atoms with Crippen LogP contribution in [0.1, 0.15) is 5.56 Å². The normalized spacial score (nSPS) is 14.2. The summed E-state index contributed by atoms with van der Waals surface area (Å²) in [5, 5.41) is 5.84. The van der Waals surface area contributed by atoms with E-state index in [0.29, 0.717) is 39.2 Å². The predicted octanol–water partition coefficient (Wildman–Crippen LogP) is 5.19. The van der Waals surface area contributed by atoms with E-state index < -0.39 is 0 Å². The van der Waals surface area contributed by atoms with Gasteiger partial charge in [-0.1, -0.05) is 35.9 Å². The van der Waals surface area contributed by atoms with Crippen molar-refractivity contribution in [2.24, 2.45) is 0 Å². The maximum Gasteiger partial charge on any atom is 0.228 e. The van der Waals surface area contributed by atoms with Gasteiger partial charge in [-0.05, 0) is 54.1 Å². The molecule has 0 atom stereocenters. The van der Waals surface area contributed by atoms with Crippen molar-refractivity contribution in [2.45, 2.75) is 6.54 Å². The zero-order valence-electron chi connectivity index (χ0n) is 21.4. The van der Waals surface area contributed by atoms with Crippen molar-refractivity contribution >= 4 is 34.4 Å². The van der Waals surface area contributed by atoms with Gasteiger partial charge >= 0.3 is 0 Å². The maximum absolute atomic E-state index is 13.8. The molecule has 3 heterocycles. The van der Waals surface area contributed by atoms with Crippen LogP contribution >= 0.6 is 11.6 Å². The molecule has 39 heavy (non-hydrogen) atoms. The summed E-state index contributed by atoms with van der Waals surface area (Å²) >= 11 is 6.46. The molecule has 10 heteroatoms. The first-order chi connectivity index (χ1) is 19.0. The van der Waals surface area contributed by atoms with Gasteiger partial charge < -0.3 is 15.4 Å². The molecule has 1 fully saturated rings. The smallest absolute Gasteiger partial charge is 0.228 e. The van der Waals surface area contributed by atoms with Gasteiger partial charge in [0, 0.05) is 38.3 Å². The van der Waals surface area contributed by atoms with Gasteiger partial charge in [-0.25, -0.2) is 14.1 Å². The number of halogens is 2. The van der Waals surface area contributed by atoms with E-state index in [1.54, 1.807) is 30.0 Å². The third-order valence-corrected chi connectivity index (χ3v) is 7.30. The lowest BCUT2D eigenvalue weighted by atomic mass is 10.1. The molecular formula is C29H27ClFN7O. The van der Waals surface area contributed by atoms with E-state index in [9.17, 15) is 4.39 Å². The minimum Gasteiger partial charge on any atom is -0.497 e. The van der Waals surface area contributed by atoms with Crippen LogP contribution < -0.4 is 15.4 Å². The van der Waals surface area contributed by atoms with E-state index in [-0.39, 0.29) is 5.82 Å². The molecule has 8 nitrogen and oxygen atoms in total. The van der Waals surface area contributed by atoms with Gasteiger partial charge in [-0.2, -0.15) is 4.98 Å². The van der Waals surface area contributed by atoms with Crippen LogP contribution in [0.3, 0.4) is 0 Å². The second-order valence-corrected chi connectivity index (χ2v) is 9.84. The molecule has 3 aromatic carbocycles. The Kier molecular flexibility index (Phi) is 6.76. The zero-order valence-corrected chi connectivity index (χ0v) is 22.1. The minimum absolute atomic E-state index is 0.322. The Labute approximate surface area is 230 Å². The van der Waals surface area contributed by atoms with Crippen LogP contribution in [0.4, 0.5) is 16.2 Å². The molecule has 2 aromatic heterocycles. The second-order valence-electron chi connectivity index (χ2n) is 9.44. The molecule has 1 aliphatic heterocycles. The fourth-order valence-electron chi connectivity index (χ4n) is 4.86. The fourth-order valence-corrected chi connectivity index (χ4v) is 5.08. The highest BCUT2D eigenvalue weighted by Crippen LogP contribution is 2.35. The molecule has 198 valence electrons. The summed E-state index contributed by atoms with van der Waals surface area (Å²) in [7, 11) is 1.67. The van der Waals surface area contributed by atoms with Crippen LogP contribution in [-0.2, 0) is 6.54 Å². The molecule has 0 aliphatic carbocycles. The lowest BCUT2D eigenvalue weighted by Crippen LogP contribution is -2.46. The lowest BCUT2D eigenvalue weighted by molar-refractivity contribution is 0.248. The first-order valence-electron chi connectivity index (χ1n) is 12.7. The van der Waals surface area contributed by atoms with Gasteiger partial charge in [-0.3, -0.25) is 4.90 Å². The zero-order chi connectivity index (χ0) is 26.9. The van der Waals surface area contributed by atoms with Gasteiger partial charge in [0.1, 0.15) is 17.4 Å². The van der Waals surface area contributed by atoms with Gasteiger partial charge in [0.15, 0.2) is 5.65 Å². The van der Waals surface area contributed by atoms with E-state index in [4.69, 9.17) is 37.1 Å². The van der Waals surface area contributed by atoms with Crippen LogP contribution in [-0.4, -0.2) is 57.9 Å². The molecule has 0 saturated carbocycles. The summed E-state index contributed by atoms with van der Waals surface area (Å²) in [6, 6.07) is 21.7. The number of methoxy groups -OCH3 is 1. The number of para-hydroxylation sites is 1. The molecular weight excluding hydrogens is 517 g/mol. The number of fused-ring (bicyclic) bond motifs is 1. The summed E-state index contributed by atoms with van der Waals surface area (Å²) in [4.78, 5) is 14.3. The molecule has 2 N–H and O–H groups in total. The monoisotopic (exact) mass is 543 g/mol. The first kappa shape index (κ1) is 25.1. The Morgan fingerprint density at radius 3 is 2.33 bits per heavy atom. The summed E-state index contributed by atoms with van der Waals surface area (Å²) in [6.45, 7) is 4.08. The quantitative estimate of drug-likeness (QED) is 0.315. The van der Waals surface area contributed by atoms with E-state index in [0.717, 1.165) is 44.0 Å². The Morgan fingerprint density at radius 2 is 1.64 bits per heavy atom. The predicted molar refractivity (Wildman–Crippen MR) is 152 cm³/mol. The third-order valence-electron chi connectivity index (χ3n) is 6.98. The number of benzene rings is 3. The van der Waals surface area contributed by atoms with Crippen LogP contribution in [0.25, 0.3) is 28.0 Å². The van der Waals surface area contributed by atoms with Crippen molar-refractivity contribution in [3.05, 3.63) is 89.2 Å². The third kappa shape index (κ3) is 4.98. The second kappa shape index (κ2) is 10.5. The number of nitrogens with zero attached hydrogens (tertiary/aromatic N) is 6. The highest BCUT2D eigenvalue weighted by Gasteiger charge is 2.24. The van der Waals surface area contributed by atoms with E-state index in [2.05, 4.69) is 21.9 Å². The number of nitrogen functional groups attached to an aromatic ring is 1. The largest absolute Gasteiger partial charge is 0.497 e. The summed E-state index contributed by atoms with van der Waals surface area (Å²) < 4.78 is 20.6. The van der Waals surface area contributed by atoms with Gasteiger partial charge in [0.05, 0.1) is 28.9 Å². The topological polar surface area (TPSA) is 85.3 Å². The highest BCUT2D eigenvalue weighted by molar-refractivity contribution is 6.32. The van der Waals surface area contributed by atoms with E-state index >= 15 is 0 Å². The van der Waals surface area contributed by atoms with Crippen LogP contribution in [0, 0.1) is 5.82 Å². The van der Waals surface area contributed by atoms with Crippen molar-refractivity contribution < 1.29 is 9.13 Å². The summed E-state index contributed by atoms with van der Waals surface area (Å²) in [5.74, 6) is 1.46. The molecule has 0 spiro atoms. The maximum atomic E-state index is 13.8. The number of piperazine rings is 1. The number of hydrogen-bond donors (Lipinski definition) is 1. The van der Waals surface area contributed by atoms with Crippen LogP contribution in [0.2, 0.25) is 5.02 Å². The molecule has 1 aliphatic rings. The Morgan fingerprint density at radius 1 is 0.923 bits per heavy atom. The number of ether oxygens (including phenoxy) is 1. The molecule has 0 radical (unpaired) electrons. The number of nitrogens with two attached hydrogens (primary N) is 1. The summed E-state index contributed by atoms with van der Waals surface area (Å²) in [5.41, 5.74) is 10.3. The number of anilines is 2. The highest BCUT2D eigenvalue weighted by atomic mass is 35.5. The Hall–Kier alpha value is -4.21. The SMILES string of the molecule is COc1ccc(CN2CCN(c3nc(-c4ccc(F)cc4)c4c(N)n(-c5ccccc5Cl)nc4n3)CC2)cc1. The average Bonchev–Trinajstić information content (AvgIpc) is 3.30. The molecule has 0 unspecified atom stereocenters. The molecule has 6 rings (SSSR count). The van der Waals surface area contributed by atoms with Crippen LogP contribution in [0.15, 0.2) is 72.8 Å². The van der Waals surface area contributed by atoms with Crippen molar-refractivity contribution in [3.63, 3.8) is 0 Å². The van der Waals surface area contributed by atoms with E-state index in [1.165, 1.54) is 17.7 Å². The standard InChI is InChI=1S/C29H27ClFN7O/c1-39-22-12-6-19(7-13-22)18-36-14-16-37(17-15-36)29-33-26(20-8-10-21(31)11-9-20)25-27(32)38(35-28(25)34-29)24-5-3-2-4-23(24)30/h2-13H,14-18,32H2,1H3. The Bertz CT molecular complexity index is 1610. The minimum atomic E-state index is -0.322. The molecule has 5 aromatic rings. The van der Waals surface area contributed by atoms with Gasteiger partial charge in [0.2, 0.25) is 5.95 Å². The van der Waals surface area contributed by atoms with Crippen molar-refractivity contribution in [2.75, 3.05) is 43.9 Å². The summed E-state index contributed by atoms with van der Waals surface area (Å²) in [6.07, 6.45) is 0. The van der Waals surface area contributed by atoms with Crippen molar-refractivity contribution in [1.29, 1.82) is 0 Å². The number of hydrogen-bond acceptors (Lipinski definition) is 7. The van der Waals surface area contributed by atoms with Gasteiger partial charge in [-0.15, -0.1) is 5.10 Å². The van der Waals surface area contributed by atoms with Crippen molar-refractivity contribution in [1.82, 2.24) is 24.6 Å². The van der Waals surface area contributed by atoms with Crippen molar-refractivity contribution in [3.8, 4) is 22.7 Å². The lowest BCUT2D eigenvalue weighted by Gasteiger charge is -2.34. The van der Waals surface area contributed by atoms with Gasteiger partial charge in [0.25, 0.3) is 0 Å². The van der Waals surface area contributed by atoms with E-state index in [1.807, 2.05) is 30.3 Å². The molecule has 1 saturated heterocycles. The Balaban J connectivity index is 1.33. The number of aromatic nitrogens is 4. The average molecular weight is 544 g/mol. The first-order valence-corrected chi connectivity index (χ1v) is 13.1.